The average molecular weight is 748 g/mol. The molecule has 54 heavy (non-hydrogen) atoms. The van der Waals surface area contributed by atoms with Crippen LogP contribution in [0.15, 0.2) is 73.3 Å². The Morgan fingerprint density at radius 1 is 0.907 bits per heavy atom. The number of hydrogen-bond donors (Lipinski definition) is 1. The first kappa shape index (κ1) is 40.6. The molecule has 14 heteroatoms. The number of benzene rings is 3. The van der Waals surface area contributed by atoms with Gasteiger partial charge in [0, 0.05) is 31.8 Å². The lowest BCUT2D eigenvalue weighted by Crippen LogP contribution is -2.24. The first-order valence-corrected chi connectivity index (χ1v) is 16.7. The number of ether oxygens (including phenoxy) is 4. The molecule has 0 saturated carbocycles. The second kappa shape index (κ2) is 17.6. The molecule has 0 spiro atoms. The lowest BCUT2D eigenvalue weighted by atomic mass is 10.0. The monoisotopic (exact) mass is 747 g/mol. The number of methoxy groups -OCH3 is 2. The van der Waals surface area contributed by atoms with Crippen LogP contribution in [-0.2, 0) is 26.9 Å². The van der Waals surface area contributed by atoms with Gasteiger partial charge in [-0.15, -0.1) is 0 Å². The highest BCUT2D eigenvalue weighted by Gasteiger charge is 2.30. The van der Waals surface area contributed by atoms with Crippen LogP contribution in [-0.4, -0.2) is 68.6 Å². The molecule has 4 rings (SSSR count). The average Bonchev–Trinajstić information content (AvgIpc) is 3.14. The number of rotatable bonds is 14. The number of carbonyl (C=O) groups excluding carboxylic acids is 4. The van der Waals surface area contributed by atoms with Gasteiger partial charge in [0.2, 0.25) is 0 Å². The van der Waals surface area contributed by atoms with Gasteiger partial charge in [-0.05, 0) is 80.8 Å². The highest BCUT2D eigenvalue weighted by atomic mass is 19.4. The predicted octanol–water partition coefficient (Wildman–Crippen LogP) is 7.76. The molecule has 0 aliphatic carbocycles. The highest BCUT2D eigenvalue weighted by Crippen LogP contribution is 2.38. The van der Waals surface area contributed by atoms with Crippen molar-refractivity contribution in [1.29, 1.82) is 0 Å². The molecule has 0 fully saturated rings. The summed E-state index contributed by atoms with van der Waals surface area (Å²) < 4.78 is 61.0. The number of amides is 2. The number of halogens is 3. The smallest absolute Gasteiger partial charge is 0.416 e. The fourth-order valence-electron chi connectivity index (χ4n) is 5.35. The van der Waals surface area contributed by atoms with Crippen LogP contribution in [0.3, 0.4) is 0 Å². The summed E-state index contributed by atoms with van der Waals surface area (Å²) in [4.78, 5) is 58.1. The van der Waals surface area contributed by atoms with Crippen LogP contribution < -0.4 is 14.8 Å². The number of nitrogens with one attached hydrogen (secondary N) is 1. The Morgan fingerprint density at radius 2 is 1.61 bits per heavy atom. The van der Waals surface area contributed by atoms with Crippen molar-refractivity contribution in [2.75, 3.05) is 40.2 Å². The maximum Gasteiger partial charge on any atom is 0.416 e. The van der Waals surface area contributed by atoms with Crippen molar-refractivity contribution in [2.24, 2.45) is 0 Å². The van der Waals surface area contributed by atoms with Crippen LogP contribution in [0.2, 0.25) is 0 Å². The number of esters is 2. The summed E-state index contributed by atoms with van der Waals surface area (Å²) in [6, 6.07) is 15.2. The van der Waals surface area contributed by atoms with E-state index in [1.54, 1.807) is 52.2 Å². The Labute approximate surface area is 310 Å². The molecule has 0 aliphatic heterocycles. The molecule has 0 saturated heterocycles. The third-order valence-electron chi connectivity index (χ3n) is 8.13. The predicted molar refractivity (Wildman–Crippen MR) is 195 cm³/mol. The van der Waals surface area contributed by atoms with Gasteiger partial charge in [0.25, 0.3) is 11.8 Å². The van der Waals surface area contributed by atoms with E-state index >= 15 is 0 Å². The van der Waals surface area contributed by atoms with Gasteiger partial charge in [0.15, 0.2) is 11.5 Å². The summed E-state index contributed by atoms with van der Waals surface area (Å²) in [7, 11) is 5.85. The number of carbonyl (C=O) groups is 4. The Morgan fingerprint density at radius 3 is 2.22 bits per heavy atom. The van der Waals surface area contributed by atoms with E-state index in [0.29, 0.717) is 29.7 Å². The molecule has 3 aromatic carbocycles. The Bertz CT molecular complexity index is 2060. The van der Waals surface area contributed by atoms with E-state index in [1.807, 2.05) is 0 Å². The van der Waals surface area contributed by atoms with Crippen molar-refractivity contribution >= 4 is 35.2 Å². The number of alkyl halides is 3. The van der Waals surface area contributed by atoms with Gasteiger partial charge in [-0.2, -0.15) is 13.2 Å². The van der Waals surface area contributed by atoms with E-state index in [9.17, 15) is 32.3 Å². The SMILES string of the molecule is C=C(OC)c1cc(C(=O)OCC)cc(OC)c1OC(=O)CCCc1ccc(NC(=O)c2ccc(C)nc2-c2ccc(C(F)(F)F)cc2)c(C(=O)N(C)C)c1. The lowest BCUT2D eigenvalue weighted by molar-refractivity contribution is -0.137. The zero-order valence-corrected chi connectivity index (χ0v) is 30.7. The van der Waals surface area contributed by atoms with Crippen LogP contribution in [0.4, 0.5) is 18.9 Å². The van der Waals surface area contributed by atoms with Crippen LogP contribution >= 0.6 is 0 Å². The molecule has 0 radical (unpaired) electrons. The summed E-state index contributed by atoms with van der Waals surface area (Å²) >= 11 is 0. The van der Waals surface area contributed by atoms with E-state index in [0.717, 1.165) is 12.1 Å². The zero-order valence-electron chi connectivity index (χ0n) is 30.7. The van der Waals surface area contributed by atoms with Gasteiger partial charge in [0.1, 0.15) is 5.76 Å². The molecule has 4 aromatic rings. The number of aryl methyl sites for hydroxylation is 2. The molecule has 0 bridgehead atoms. The van der Waals surface area contributed by atoms with E-state index in [4.69, 9.17) is 18.9 Å². The minimum absolute atomic E-state index is 0.0200. The van der Waals surface area contributed by atoms with Gasteiger partial charge in [0.05, 0.1) is 60.0 Å². The van der Waals surface area contributed by atoms with E-state index in [2.05, 4.69) is 16.9 Å². The minimum atomic E-state index is -4.53. The number of hydrogen-bond acceptors (Lipinski definition) is 9. The van der Waals surface area contributed by atoms with Crippen LogP contribution in [0.1, 0.15) is 73.2 Å². The molecular formula is C40H40F3N3O8. The quantitative estimate of drug-likeness (QED) is 0.0781. The van der Waals surface area contributed by atoms with Gasteiger partial charge >= 0.3 is 18.1 Å². The molecular weight excluding hydrogens is 707 g/mol. The lowest BCUT2D eigenvalue weighted by Gasteiger charge is -2.17. The Balaban J connectivity index is 1.53. The highest BCUT2D eigenvalue weighted by molar-refractivity contribution is 6.11. The minimum Gasteiger partial charge on any atom is -0.497 e. The van der Waals surface area contributed by atoms with E-state index in [1.165, 1.54) is 49.5 Å². The number of anilines is 1. The fraction of sp³-hybridized carbons (Fsp3) is 0.275. The summed E-state index contributed by atoms with van der Waals surface area (Å²) in [6.07, 6.45) is -3.89. The van der Waals surface area contributed by atoms with Crippen molar-refractivity contribution in [3.8, 4) is 22.8 Å². The normalized spacial score (nSPS) is 11.0. The molecule has 284 valence electrons. The molecule has 0 unspecified atom stereocenters. The van der Waals surface area contributed by atoms with Crippen molar-refractivity contribution in [3.05, 3.63) is 112 Å². The Kier molecular flexibility index (Phi) is 13.2. The van der Waals surface area contributed by atoms with Crippen molar-refractivity contribution < 1.29 is 51.3 Å². The fourth-order valence-corrected chi connectivity index (χ4v) is 5.35. The number of nitrogens with zero attached hydrogens (tertiary/aromatic N) is 2. The van der Waals surface area contributed by atoms with Crippen molar-refractivity contribution in [2.45, 2.75) is 39.3 Å². The summed E-state index contributed by atoms with van der Waals surface area (Å²) in [5.74, 6) is -1.99. The molecule has 0 aliphatic rings. The second-order valence-corrected chi connectivity index (χ2v) is 12.2. The van der Waals surface area contributed by atoms with Crippen molar-refractivity contribution in [3.63, 3.8) is 0 Å². The molecule has 1 aromatic heterocycles. The standard InChI is InChI=1S/C40H40F3N3O8/c1-8-53-39(50)27-21-30(24(3)51-6)36(33(22-27)52-7)54-34(47)11-9-10-25-13-19-32(31(20-25)38(49)46(4)5)45-37(48)29-18-12-23(2)44-35(29)26-14-16-28(17-15-26)40(41,42)43/h12-22H,3,8-11H2,1-2,4-7H3,(H,45,48). The number of pyridine rings is 1. The largest absolute Gasteiger partial charge is 0.497 e. The molecule has 2 amide bonds. The van der Waals surface area contributed by atoms with E-state index in [-0.39, 0.29) is 63.9 Å². The van der Waals surface area contributed by atoms with Gasteiger partial charge in [-0.1, -0.05) is 24.8 Å². The van der Waals surface area contributed by atoms with Gasteiger partial charge in [-0.25, -0.2) is 4.79 Å². The summed E-state index contributed by atoms with van der Waals surface area (Å²) in [5, 5.41) is 2.77. The maximum absolute atomic E-state index is 13.6. The third-order valence-corrected chi connectivity index (χ3v) is 8.13. The van der Waals surface area contributed by atoms with Crippen LogP contribution in [0.5, 0.6) is 11.5 Å². The van der Waals surface area contributed by atoms with Crippen molar-refractivity contribution in [1.82, 2.24) is 9.88 Å². The van der Waals surface area contributed by atoms with Gasteiger partial charge < -0.3 is 29.2 Å². The van der Waals surface area contributed by atoms with Gasteiger partial charge in [-0.3, -0.25) is 19.4 Å². The summed E-state index contributed by atoms with van der Waals surface area (Å²) in [6.45, 7) is 7.35. The molecule has 0 atom stereocenters. The van der Waals surface area contributed by atoms with Crippen LogP contribution in [0.25, 0.3) is 17.0 Å². The third kappa shape index (κ3) is 9.82. The molecule has 11 nitrogen and oxygen atoms in total. The molecule has 1 heterocycles. The Hall–Kier alpha value is -6.18. The number of aromatic nitrogens is 1. The molecule has 1 N–H and O–H groups in total. The topological polar surface area (TPSA) is 133 Å². The first-order chi connectivity index (χ1) is 25.6. The second-order valence-electron chi connectivity index (χ2n) is 12.2. The van der Waals surface area contributed by atoms with Crippen LogP contribution in [0, 0.1) is 6.92 Å². The zero-order chi connectivity index (χ0) is 39.7. The van der Waals surface area contributed by atoms with E-state index < -0.39 is 35.5 Å². The first-order valence-electron chi connectivity index (χ1n) is 16.7. The maximum atomic E-state index is 13.6. The summed E-state index contributed by atoms with van der Waals surface area (Å²) in [5.41, 5.74) is 1.74.